The molecule has 8 aromatic carbocycles. The number of nitrogens with zero attached hydrogens (tertiary/aromatic N) is 3. The van der Waals surface area contributed by atoms with Gasteiger partial charge in [0.05, 0.1) is 22.3 Å². The van der Waals surface area contributed by atoms with Crippen LogP contribution in [0.15, 0.2) is 206 Å². The molecule has 10 rings (SSSR count). The first-order chi connectivity index (χ1) is 29.1. The van der Waals surface area contributed by atoms with Crippen LogP contribution in [0.5, 0.6) is 5.75 Å². The third kappa shape index (κ3) is 7.39. The minimum Gasteiger partial charge on any atom is -0.507 e. The van der Waals surface area contributed by atoms with Gasteiger partial charge in [-0.3, -0.25) is 9.55 Å². The first-order valence-electron chi connectivity index (χ1n) is 19.8. The van der Waals surface area contributed by atoms with Crippen LogP contribution in [0, 0.1) is 13.0 Å². The molecule has 2 aromatic heterocycles. The molecular formula is C55H38N3OPt-. The molecule has 2 heterocycles. The fraction of sp³-hybridized carbons (Fsp3) is 0.0182. The number of aryl methyl sites for hydroxylation is 1. The number of fused-ring (bicyclic) bond motifs is 1. The van der Waals surface area contributed by atoms with Gasteiger partial charge in [-0.15, -0.1) is 23.8 Å². The summed E-state index contributed by atoms with van der Waals surface area (Å²) in [5.41, 5.74) is 16.9. The van der Waals surface area contributed by atoms with E-state index in [0.717, 1.165) is 78.0 Å². The Kier molecular flexibility index (Phi) is 10.6. The molecule has 0 spiro atoms. The third-order valence-corrected chi connectivity index (χ3v) is 10.9. The number of phenols is 1. The molecule has 0 atom stereocenters. The molecule has 60 heavy (non-hydrogen) atoms. The van der Waals surface area contributed by atoms with Crippen LogP contribution in [0.3, 0.4) is 0 Å². The summed E-state index contributed by atoms with van der Waals surface area (Å²) in [5.74, 6) is 0.818. The van der Waals surface area contributed by atoms with E-state index in [1.54, 1.807) is 6.07 Å². The van der Waals surface area contributed by atoms with E-state index in [1.807, 2.05) is 42.6 Å². The zero-order valence-corrected chi connectivity index (χ0v) is 35.0. The summed E-state index contributed by atoms with van der Waals surface area (Å²) in [4.78, 5) is 10.3. The number of hydrogen-bond acceptors (Lipinski definition) is 3. The largest absolute Gasteiger partial charge is 0.507 e. The average molecular weight is 952 g/mol. The Morgan fingerprint density at radius 1 is 0.467 bits per heavy atom. The van der Waals surface area contributed by atoms with Gasteiger partial charge in [0.15, 0.2) is 0 Å². The van der Waals surface area contributed by atoms with E-state index in [2.05, 4.69) is 175 Å². The summed E-state index contributed by atoms with van der Waals surface area (Å²) in [6, 6.07) is 72.6. The molecule has 1 N–H and O–H groups in total. The van der Waals surface area contributed by atoms with Crippen molar-refractivity contribution >= 4 is 11.0 Å². The minimum absolute atomic E-state index is 0. The predicted molar refractivity (Wildman–Crippen MR) is 242 cm³/mol. The van der Waals surface area contributed by atoms with E-state index < -0.39 is 0 Å². The van der Waals surface area contributed by atoms with Gasteiger partial charge in [0, 0.05) is 38.5 Å². The molecule has 0 bridgehead atoms. The third-order valence-electron chi connectivity index (χ3n) is 10.9. The van der Waals surface area contributed by atoms with E-state index in [0.29, 0.717) is 11.4 Å². The molecule has 0 saturated carbocycles. The number of imidazole rings is 1. The van der Waals surface area contributed by atoms with E-state index in [1.165, 1.54) is 11.1 Å². The zero-order chi connectivity index (χ0) is 39.7. The molecule has 0 fully saturated rings. The molecule has 0 aliphatic rings. The second-order valence-electron chi connectivity index (χ2n) is 14.8. The Morgan fingerprint density at radius 2 is 1.05 bits per heavy atom. The normalized spacial score (nSPS) is 11.0. The Labute approximate surface area is 364 Å². The molecule has 5 heteroatoms. The van der Waals surface area contributed by atoms with Crippen molar-refractivity contribution < 1.29 is 26.2 Å². The fourth-order valence-corrected chi connectivity index (χ4v) is 7.99. The predicted octanol–water partition coefficient (Wildman–Crippen LogP) is 13.9. The molecule has 10 aromatic rings. The second kappa shape index (κ2) is 16.6. The Balaban J connectivity index is 0.00000462. The molecule has 0 aliphatic heterocycles. The number of phenolic OH excluding ortho intramolecular Hbond substituents is 1. The van der Waals surface area contributed by atoms with Crippen LogP contribution in [0.25, 0.3) is 95.0 Å². The quantitative estimate of drug-likeness (QED) is 0.154. The van der Waals surface area contributed by atoms with Crippen molar-refractivity contribution in [2.75, 3.05) is 0 Å². The summed E-state index contributed by atoms with van der Waals surface area (Å²) in [6.45, 7) is 2.11. The Hall–Kier alpha value is -7.13. The van der Waals surface area contributed by atoms with Crippen LogP contribution < -0.4 is 0 Å². The van der Waals surface area contributed by atoms with Gasteiger partial charge in [-0.1, -0.05) is 174 Å². The summed E-state index contributed by atoms with van der Waals surface area (Å²) in [5, 5.41) is 11.3. The van der Waals surface area contributed by atoms with Gasteiger partial charge < -0.3 is 5.11 Å². The Morgan fingerprint density at radius 3 is 1.75 bits per heavy atom. The summed E-state index contributed by atoms with van der Waals surface area (Å²) < 4.78 is 2.19. The van der Waals surface area contributed by atoms with E-state index in [4.69, 9.17) is 9.97 Å². The molecule has 4 nitrogen and oxygen atoms in total. The summed E-state index contributed by atoms with van der Waals surface area (Å²) in [7, 11) is 0. The maximum Gasteiger partial charge on any atom is 0.148 e. The fourth-order valence-electron chi connectivity index (χ4n) is 7.99. The number of aromatic nitrogens is 3. The first kappa shape index (κ1) is 38.4. The molecular weight excluding hydrogens is 914 g/mol. The molecule has 290 valence electrons. The van der Waals surface area contributed by atoms with Gasteiger partial charge in [-0.05, 0) is 76.7 Å². The average Bonchev–Trinajstić information content (AvgIpc) is 3.69. The van der Waals surface area contributed by atoms with E-state index >= 15 is 0 Å². The molecule has 0 saturated heterocycles. The van der Waals surface area contributed by atoms with E-state index in [-0.39, 0.29) is 26.8 Å². The van der Waals surface area contributed by atoms with Crippen LogP contribution in [-0.4, -0.2) is 19.6 Å². The van der Waals surface area contributed by atoms with Gasteiger partial charge >= 0.3 is 0 Å². The van der Waals surface area contributed by atoms with Gasteiger partial charge in [0.2, 0.25) is 0 Å². The van der Waals surface area contributed by atoms with Crippen molar-refractivity contribution in [1.82, 2.24) is 14.5 Å². The topological polar surface area (TPSA) is 50.9 Å². The van der Waals surface area contributed by atoms with Crippen LogP contribution in [0.2, 0.25) is 0 Å². The van der Waals surface area contributed by atoms with Crippen molar-refractivity contribution in [2.24, 2.45) is 0 Å². The first-order valence-corrected chi connectivity index (χ1v) is 19.8. The number of para-hydroxylation sites is 2. The Bertz CT molecular complexity index is 3110. The SMILES string of the molecule is Cc1ccc(-n2c(-c3ccccc3O)nc3c(-c4[c-]c(-c5cc(-c6ccc(-c7ccccc7)cc6)ccn5)cc(-c5ccccc5)c4)cccc32)c(-c2ccccc2)c1.[Pt]. The number of aromatic hydroxyl groups is 1. The van der Waals surface area contributed by atoms with Crippen molar-refractivity contribution in [1.29, 1.82) is 0 Å². The number of hydrogen-bond donors (Lipinski definition) is 1. The molecule has 0 unspecified atom stereocenters. The van der Waals surface area contributed by atoms with Crippen molar-refractivity contribution in [3.05, 3.63) is 218 Å². The molecule has 0 amide bonds. The molecule has 0 aliphatic carbocycles. The van der Waals surface area contributed by atoms with Crippen molar-refractivity contribution in [2.45, 2.75) is 6.92 Å². The van der Waals surface area contributed by atoms with Gasteiger partial charge in [-0.25, -0.2) is 4.98 Å². The van der Waals surface area contributed by atoms with Gasteiger partial charge in [-0.2, -0.15) is 0 Å². The maximum atomic E-state index is 11.3. The monoisotopic (exact) mass is 951 g/mol. The second-order valence-corrected chi connectivity index (χ2v) is 14.8. The van der Waals surface area contributed by atoms with E-state index in [9.17, 15) is 5.11 Å². The van der Waals surface area contributed by atoms with Gasteiger partial charge in [0.25, 0.3) is 0 Å². The number of rotatable bonds is 8. The number of benzene rings is 8. The minimum atomic E-state index is 0. The standard InChI is InChI=1S/C55H38N3O.Pt/c1-37-24-29-51(49(32-37)42-18-9-4-10-19-42)58-52-22-13-21-47(54(52)57-55(58)48-20-11-12-23-53(48)59)45-33-44(39-16-7-3-8-17-39)34-46(35-45)50-36-43(30-31-56-50)41-27-25-40(26-28-41)38-14-5-2-6-15-38;/h2-34,36,59H,1H3;/q-1;. The summed E-state index contributed by atoms with van der Waals surface area (Å²) in [6.07, 6.45) is 1.88. The molecule has 0 radical (unpaired) electrons. The van der Waals surface area contributed by atoms with Gasteiger partial charge in [0.1, 0.15) is 11.6 Å². The maximum absolute atomic E-state index is 11.3. The van der Waals surface area contributed by atoms with Crippen molar-refractivity contribution in [3.8, 4) is 89.7 Å². The van der Waals surface area contributed by atoms with Crippen molar-refractivity contribution in [3.63, 3.8) is 0 Å². The zero-order valence-electron chi connectivity index (χ0n) is 32.7. The number of pyridine rings is 1. The van der Waals surface area contributed by atoms with Crippen LogP contribution >= 0.6 is 0 Å². The van der Waals surface area contributed by atoms with Crippen LogP contribution in [-0.2, 0) is 21.1 Å². The van der Waals surface area contributed by atoms with Crippen LogP contribution in [0.4, 0.5) is 0 Å². The van der Waals surface area contributed by atoms with Crippen LogP contribution in [0.1, 0.15) is 5.56 Å². The summed E-state index contributed by atoms with van der Waals surface area (Å²) >= 11 is 0. The smallest absolute Gasteiger partial charge is 0.148 e.